The van der Waals surface area contributed by atoms with Crippen molar-refractivity contribution in [1.82, 2.24) is 4.90 Å². The molecule has 2 aromatic rings. The van der Waals surface area contributed by atoms with Crippen molar-refractivity contribution in [2.75, 3.05) is 49.6 Å². The van der Waals surface area contributed by atoms with Gasteiger partial charge in [0.2, 0.25) is 11.8 Å². The Hall–Kier alpha value is -3.02. The lowest BCUT2D eigenvalue weighted by Crippen LogP contribution is -2.50. The van der Waals surface area contributed by atoms with Crippen molar-refractivity contribution in [2.45, 2.75) is 13.3 Å². The fraction of sp³-hybridized carbons (Fsp3) is 0.364. The first kappa shape index (κ1) is 19.7. The van der Waals surface area contributed by atoms with Gasteiger partial charge in [-0.15, -0.1) is 0 Å². The fourth-order valence-corrected chi connectivity index (χ4v) is 3.54. The van der Waals surface area contributed by atoms with Crippen molar-refractivity contribution < 1.29 is 14.3 Å². The summed E-state index contributed by atoms with van der Waals surface area (Å²) in [5.74, 6) is 0.559. The van der Waals surface area contributed by atoms with E-state index < -0.39 is 0 Å². The van der Waals surface area contributed by atoms with Crippen molar-refractivity contribution >= 4 is 23.2 Å². The summed E-state index contributed by atoms with van der Waals surface area (Å²) in [5.41, 5.74) is 1.86. The second-order valence-corrected chi connectivity index (χ2v) is 6.69. The average molecular weight is 381 g/mol. The number of piperazine rings is 1. The highest BCUT2D eigenvalue weighted by atomic mass is 16.5. The predicted octanol–water partition coefficient (Wildman–Crippen LogP) is 2.79. The van der Waals surface area contributed by atoms with Crippen LogP contribution in [0.1, 0.15) is 13.3 Å². The van der Waals surface area contributed by atoms with Crippen LogP contribution in [0.4, 0.5) is 11.4 Å². The van der Waals surface area contributed by atoms with Gasteiger partial charge >= 0.3 is 0 Å². The van der Waals surface area contributed by atoms with Gasteiger partial charge in [-0.25, -0.2) is 0 Å². The van der Waals surface area contributed by atoms with Crippen LogP contribution in [-0.4, -0.2) is 56.5 Å². The SMILES string of the molecule is CCN(C(=O)CC(=O)N1CCN(c2ccccc2OC)CC1)c1ccccc1. The Bertz CT molecular complexity index is 802. The van der Waals surface area contributed by atoms with Gasteiger partial charge in [-0.1, -0.05) is 30.3 Å². The topological polar surface area (TPSA) is 53.1 Å². The Morgan fingerprint density at radius 3 is 2.25 bits per heavy atom. The second kappa shape index (κ2) is 9.26. The van der Waals surface area contributed by atoms with Gasteiger partial charge in [-0.2, -0.15) is 0 Å². The smallest absolute Gasteiger partial charge is 0.236 e. The monoisotopic (exact) mass is 381 g/mol. The maximum atomic E-state index is 12.7. The third-order valence-electron chi connectivity index (χ3n) is 5.05. The maximum Gasteiger partial charge on any atom is 0.236 e. The average Bonchev–Trinajstić information content (AvgIpc) is 2.75. The minimum atomic E-state index is -0.161. The van der Waals surface area contributed by atoms with Crippen LogP contribution in [0, 0.1) is 0 Å². The van der Waals surface area contributed by atoms with Gasteiger partial charge in [0.1, 0.15) is 12.2 Å². The molecule has 0 atom stereocenters. The van der Waals surface area contributed by atoms with Crippen LogP contribution in [0.2, 0.25) is 0 Å². The molecule has 6 heteroatoms. The van der Waals surface area contributed by atoms with Crippen LogP contribution < -0.4 is 14.5 Å². The Kier molecular flexibility index (Phi) is 6.53. The molecule has 0 aromatic heterocycles. The number of amides is 2. The van der Waals surface area contributed by atoms with E-state index in [1.807, 2.05) is 61.5 Å². The molecule has 0 spiro atoms. The molecule has 1 saturated heterocycles. The molecule has 0 unspecified atom stereocenters. The lowest BCUT2D eigenvalue weighted by atomic mass is 10.2. The van der Waals surface area contributed by atoms with Crippen LogP contribution in [-0.2, 0) is 9.59 Å². The fourth-order valence-electron chi connectivity index (χ4n) is 3.54. The van der Waals surface area contributed by atoms with E-state index in [1.165, 1.54) is 0 Å². The van der Waals surface area contributed by atoms with Crippen molar-refractivity contribution in [3.05, 3.63) is 54.6 Å². The van der Waals surface area contributed by atoms with Crippen molar-refractivity contribution in [1.29, 1.82) is 0 Å². The summed E-state index contributed by atoms with van der Waals surface area (Å²) in [6.45, 7) is 5.09. The molecular formula is C22H27N3O3. The molecule has 148 valence electrons. The Labute approximate surface area is 166 Å². The molecule has 1 fully saturated rings. The zero-order valence-electron chi connectivity index (χ0n) is 16.5. The third-order valence-corrected chi connectivity index (χ3v) is 5.05. The molecule has 0 bridgehead atoms. The van der Waals surface area contributed by atoms with Crippen LogP contribution in [0.5, 0.6) is 5.75 Å². The summed E-state index contributed by atoms with van der Waals surface area (Å²) in [6, 6.07) is 17.4. The zero-order chi connectivity index (χ0) is 19.9. The number of nitrogens with zero attached hydrogens (tertiary/aromatic N) is 3. The van der Waals surface area contributed by atoms with Crippen LogP contribution in [0.3, 0.4) is 0 Å². The number of rotatable bonds is 6. The number of para-hydroxylation sites is 3. The molecular weight excluding hydrogens is 354 g/mol. The highest BCUT2D eigenvalue weighted by Crippen LogP contribution is 2.28. The normalized spacial score (nSPS) is 13.9. The highest BCUT2D eigenvalue weighted by molar-refractivity contribution is 6.05. The molecule has 1 aliphatic heterocycles. The molecule has 6 nitrogen and oxygen atoms in total. The van der Waals surface area contributed by atoms with E-state index in [-0.39, 0.29) is 18.2 Å². The molecule has 2 aromatic carbocycles. The van der Waals surface area contributed by atoms with E-state index in [0.717, 1.165) is 30.2 Å². The minimum Gasteiger partial charge on any atom is -0.495 e. The van der Waals surface area contributed by atoms with E-state index in [2.05, 4.69) is 4.90 Å². The standard InChI is InChI=1S/C22H27N3O3/c1-3-25(18-9-5-4-6-10-18)22(27)17-21(26)24-15-13-23(14-16-24)19-11-7-8-12-20(19)28-2/h4-12H,3,13-17H2,1-2H3. The van der Waals surface area contributed by atoms with E-state index in [0.29, 0.717) is 19.6 Å². The number of hydrogen-bond acceptors (Lipinski definition) is 4. The number of methoxy groups -OCH3 is 1. The zero-order valence-corrected chi connectivity index (χ0v) is 16.5. The van der Waals surface area contributed by atoms with Crippen molar-refractivity contribution in [3.8, 4) is 5.75 Å². The van der Waals surface area contributed by atoms with Gasteiger partial charge in [0.05, 0.1) is 12.8 Å². The van der Waals surface area contributed by atoms with Crippen molar-refractivity contribution in [3.63, 3.8) is 0 Å². The first-order valence-electron chi connectivity index (χ1n) is 9.65. The van der Waals surface area contributed by atoms with Gasteiger partial charge < -0.3 is 19.4 Å². The predicted molar refractivity (Wildman–Crippen MR) is 111 cm³/mol. The lowest BCUT2D eigenvalue weighted by Gasteiger charge is -2.36. The number of carbonyl (C=O) groups is 2. The first-order chi connectivity index (χ1) is 13.6. The molecule has 2 amide bonds. The van der Waals surface area contributed by atoms with E-state index in [9.17, 15) is 9.59 Å². The molecule has 28 heavy (non-hydrogen) atoms. The Morgan fingerprint density at radius 1 is 0.964 bits per heavy atom. The van der Waals surface area contributed by atoms with Gasteiger partial charge in [0.25, 0.3) is 0 Å². The minimum absolute atomic E-state index is 0.0998. The molecule has 1 aliphatic rings. The molecule has 0 N–H and O–H groups in total. The summed E-state index contributed by atoms with van der Waals surface area (Å²) in [7, 11) is 1.66. The molecule has 3 rings (SSSR count). The van der Waals surface area contributed by atoms with Crippen molar-refractivity contribution in [2.24, 2.45) is 0 Å². The van der Waals surface area contributed by atoms with E-state index in [4.69, 9.17) is 4.74 Å². The summed E-state index contributed by atoms with van der Waals surface area (Å²) < 4.78 is 5.43. The van der Waals surface area contributed by atoms with Crippen LogP contribution in [0.15, 0.2) is 54.6 Å². The summed E-state index contributed by atoms with van der Waals surface area (Å²) >= 11 is 0. The molecule has 0 saturated carbocycles. The lowest BCUT2D eigenvalue weighted by molar-refractivity contribution is -0.135. The van der Waals surface area contributed by atoms with Crippen LogP contribution >= 0.6 is 0 Å². The molecule has 0 aliphatic carbocycles. The number of carbonyl (C=O) groups excluding carboxylic acids is 2. The number of ether oxygens (including phenoxy) is 1. The van der Waals surface area contributed by atoms with E-state index >= 15 is 0 Å². The summed E-state index contributed by atoms with van der Waals surface area (Å²) in [4.78, 5) is 31.0. The highest BCUT2D eigenvalue weighted by Gasteiger charge is 2.26. The van der Waals surface area contributed by atoms with Gasteiger partial charge in [-0.05, 0) is 31.2 Å². The van der Waals surface area contributed by atoms with Gasteiger partial charge in [-0.3, -0.25) is 9.59 Å². The first-order valence-corrected chi connectivity index (χ1v) is 9.65. The maximum absolute atomic E-state index is 12.7. The van der Waals surface area contributed by atoms with Gasteiger partial charge in [0, 0.05) is 38.4 Å². The molecule has 1 heterocycles. The Balaban J connectivity index is 1.57. The molecule has 0 radical (unpaired) electrons. The number of hydrogen-bond donors (Lipinski definition) is 0. The summed E-state index contributed by atoms with van der Waals surface area (Å²) in [6.07, 6.45) is -0.0998. The number of benzene rings is 2. The van der Waals surface area contributed by atoms with Gasteiger partial charge in [0.15, 0.2) is 0 Å². The second-order valence-electron chi connectivity index (χ2n) is 6.69. The number of anilines is 2. The van der Waals surface area contributed by atoms with Crippen LogP contribution in [0.25, 0.3) is 0 Å². The largest absolute Gasteiger partial charge is 0.495 e. The Morgan fingerprint density at radius 2 is 1.61 bits per heavy atom. The van der Waals surface area contributed by atoms with E-state index in [1.54, 1.807) is 16.9 Å². The third kappa shape index (κ3) is 4.44. The quantitative estimate of drug-likeness (QED) is 0.722. The summed E-state index contributed by atoms with van der Waals surface area (Å²) in [5, 5.41) is 0.